The normalized spacial score (nSPS) is 18.3. The number of rotatable bonds is 3. The second-order valence-electron chi connectivity index (χ2n) is 4.08. The Morgan fingerprint density at radius 3 is 2.47 bits per heavy atom. The zero-order valence-electron chi connectivity index (χ0n) is 9.47. The molecule has 17 heavy (non-hydrogen) atoms. The van der Waals surface area contributed by atoms with Gasteiger partial charge in [-0.15, -0.1) is 0 Å². The molecule has 0 aromatic heterocycles. The third kappa shape index (κ3) is 2.01. The molecule has 3 heteroatoms. The first-order chi connectivity index (χ1) is 8.15. The van der Waals surface area contributed by atoms with Crippen LogP contribution in [0.4, 0.5) is 0 Å². The molecular weight excluding hydrogens is 214 g/mol. The summed E-state index contributed by atoms with van der Waals surface area (Å²) in [6.45, 7) is 0. The summed E-state index contributed by atoms with van der Waals surface area (Å²) in [6.07, 6.45) is 7.30. The van der Waals surface area contributed by atoms with Gasteiger partial charge in [-0.25, -0.2) is 0 Å². The quantitative estimate of drug-likeness (QED) is 0.827. The van der Waals surface area contributed by atoms with Gasteiger partial charge in [-0.05, 0) is 24.0 Å². The third-order valence-electron chi connectivity index (χ3n) is 2.96. The fourth-order valence-corrected chi connectivity index (χ4v) is 2.01. The zero-order chi connectivity index (χ0) is 12.3. The number of amides is 1. The lowest BCUT2D eigenvalue weighted by molar-refractivity contribution is -0.133. The molecule has 1 aliphatic rings. The first-order valence-corrected chi connectivity index (χ1v) is 5.60. The number of carbonyl (C=O) groups is 1. The van der Waals surface area contributed by atoms with Crippen LogP contribution in [0, 0.1) is 0 Å². The van der Waals surface area contributed by atoms with E-state index in [4.69, 9.17) is 5.73 Å². The zero-order valence-corrected chi connectivity index (χ0v) is 9.47. The van der Waals surface area contributed by atoms with Crippen molar-refractivity contribution >= 4 is 5.91 Å². The van der Waals surface area contributed by atoms with Crippen molar-refractivity contribution in [1.29, 1.82) is 0 Å². The van der Waals surface area contributed by atoms with E-state index in [1.165, 1.54) is 0 Å². The highest BCUT2D eigenvalue weighted by Crippen LogP contribution is 2.32. The fourth-order valence-electron chi connectivity index (χ4n) is 2.01. The van der Waals surface area contributed by atoms with Crippen molar-refractivity contribution in [3.05, 3.63) is 59.7 Å². The molecule has 0 bridgehead atoms. The van der Waals surface area contributed by atoms with Crippen LogP contribution >= 0.6 is 0 Å². The lowest BCUT2D eigenvalue weighted by Gasteiger charge is -2.27. The first kappa shape index (κ1) is 11.6. The molecule has 1 amide bonds. The molecule has 0 aliphatic heterocycles. The summed E-state index contributed by atoms with van der Waals surface area (Å²) in [5.74, 6) is -0.749. The Bertz CT molecular complexity index is 476. The minimum Gasteiger partial charge on any atom is -0.372 e. The van der Waals surface area contributed by atoms with Gasteiger partial charge < -0.3 is 10.8 Å². The van der Waals surface area contributed by atoms with Gasteiger partial charge in [0.1, 0.15) is 0 Å². The summed E-state index contributed by atoms with van der Waals surface area (Å²) in [4.78, 5) is 11.6. The minimum absolute atomic E-state index is 0.505. The number of hydrogen-bond acceptors (Lipinski definition) is 2. The molecule has 3 N–H and O–H groups in total. The predicted molar refractivity (Wildman–Crippen MR) is 66.0 cm³/mol. The van der Waals surface area contributed by atoms with Crippen LogP contribution < -0.4 is 5.73 Å². The van der Waals surface area contributed by atoms with Gasteiger partial charge in [0.15, 0.2) is 5.60 Å². The van der Waals surface area contributed by atoms with Crippen molar-refractivity contribution in [1.82, 2.24) is 0 Å². The second kappa shape index (κ2) is 4.55. The van der Waals surface area contributed by atoms with Crippen molar-refractivity contribution in [2.75, 3.05) is 0 Å². The molecule has 0 saturated carbocycles. The molecule has 1 aromatic carbocycles. The van der Waals surface area contributed by atoms with Gasteiger partial charge in [0.25, 0.3) is 5.91 Å². The number of carbonyl (C=O) groups excluding carboxylic acids is 1. The molecule has 0 heterocycles. The van der Waals surface area contributed by atoms with E-state index in [-0.39, 0.29) is 0 Å². The SMILES string of the molecule is NC(=O)C(O)(C1=CCCC=C1)c1ccccc1. The van der Waals surface area contributed by atoms with Gasteiger partial charge in [-0.2, -0.15) is 0 Å². The van der Waals surface area contributed by atoms with E-state index >= 15 is 0 Å². The Balaban J connectivity index is 2.50. The highest BCUT2D eigenvalue weighted by molar-refractivity contribution is 5.89. The monoisotopic (exact) mass is 229 g/mol. The molecular formula is C14H15NO2. The number of allylic oxidation sites excluding steroid dienone is 2. The minimum atomic E-state index is -1.72. The molecule has 0 spiro atoms. The smallest absolute Gasteiger partial charge is 0.258 e. The molecule has 0 saturated heterocycles. The van der Waals surface area contributed by atoms with Crippen molar-refractivity contribution in [2.45, 2.75) is 18.4 Å². The number of benzene rings is 1. The molecule has 1 unspecified atom stereocenters. The first-order valence-electron chi connectivity index (χ1n) is 5.60. The number of nitrogens with two attached hydrogens (primary N) is 1. The number of primary amides is 1. The molecule has 0 radical (unpaired) electrons. The Morgan fingerprint density at radius 2 is 1.94 bits per heavy atom. The molecule has 1 aromatic rings. The lowest BCUT2D eigenvalue weighted by atomic mass is 9.83. The van der Waals surface area contributed by atoms with Crippen LogP contribution in [0.1, 0.15) is 18.4 Å². The van der Waals surface area contributed by atoms with E-state index < -0.39 is 11.5 Å². The predicted octanol–water partition coefficient (Wildman–Crippen LogP) is 1.64. The molecule has 1 atom stereocenters. The largest absolute Gasteiger partial charge is 0.372 e. The summed E-state index contributed by atoms with van der Waals surface area (Å²) in [7, 11) is 0. The fraction of sp³-hybridized carbons (Fsp3) is 0.214. The highest BCUT2D eigenvalue weighted by atomic mass is 16.3. The molecule has 2 rings (SSSR count). The maximum absolute atomic E-state index is 11.6. The van der Waals surface area contributed by atoms with E-state index in [1.54, 1.807) is 30.3 Å². The molecule has 3 nitrogen and oxygen atoms in total. The van der Waals surface area contributed by atoms with E-state index in [9.17, 15) is 9.90 Å². The van der Waals surface area contributed by atoms with Crippen LogP contribution in [0.5, 0.6) is 0 Å². The Morgan fingerprint density at radius 1 is 1.24 bits per heavy atom. The summed E-state index contributed by atoms with van der Waals surface area (Å²) in [6, 6.07) is 8.78. The van der Waals surface area contributed by atoms with Gasteiger partial charge in [-0.1, -0.05) is 48.6 Å². The van der Waals surface area contributed by atoms with Gasteiger partial charge in [0.2, 0.25) is 0 Å². The average Bonchev–Trinajstić information content (AvgIpc) is 2.39. The van der Waals surface area contributed by atoms with Gasteiger partial charge >= 0.3 is 0 Å². The molecule has 88 valence electrons. The Labute approximate surface area is 100 Å². The van der Waals surface area contributed by atoms with E-state index in [0.717, 1.165) is 12.8 Å². The van der Waals surface area contributed by atoms with E-state index in [2.05, 4.69) is 0 Å². The second-order valence-corrected chi connectivity index (χ2v) is 4.08. The number of aliphatic hydroxyl groups is 1. The molecule has 1 aliphatic carbocycles. The summed E-state index contributed by atoms with van der Waals surface area (Å²) >= 11 is 0. The summed E-state index contributed by atoms with van der Waals surface area (Å²) in [5.41, 5.74) is 4.71. The number of hydrogen-bond donors (Lipinski definition) is 2. The van der Waals surface area contributed by atoms with Gasteiger partial charge in [0, 0.05) is 0 Å². The Hall–Kier alpha value is -1.87. The highest BCUT2D eigenvalue weighted by Gasteiger charge is 2.39. The third-order valence-corrected chi connectivity index (χ3v) is 2.96. The van der Waals surface area contributed by atoms with Gasteiger partial charge in [0.05, 0.1) is 0 Å². The lowest BCUT2D eigenvalue weighted by Crippen LogP contribution is -2.42. The van der Waals surface area contributed by atoms with Gasteiger partial charge in [-0.3, -0.25) is 4.79 Å². The van der Waals surface area contributed by atoms with Crippen molar-refractivity contribution in [2.24, 2.45) is 5.73 Å². The average molecular weight is 229 g/mol. The topological polar surface area (TPSA) is 63.3 Å². The van der Waals surface area contributed by atoms with E-state index in [0.29, 0.717) is 11.1 Å². The van der Waals surface area contributed by atoms with Crippen LogP contribution in [-0.2, 0) is 10.4 Å². The van der Waals surface area contributed by atoms with Crippen LogP contribution in [0.25, 0.3) is 0 Å². The van der Waals surface area contributed by atoms with Crippen molar-refractivity contribution in [3.8, 4) is 0 Å². The maximum Gasteiger partial charge on any atom is 0.258 e. The maximum atomic E-state index is 11.6. The van der Waals surface area contributed by atoms with Crippen molar-refractivity contribution < 1.29 is 9.90 Å². The van der Waals surface area contributed by atoms with Crippen LogP contribution in [0.15, 0.2) is 54.1 Å². The Kier molecular flexibility index (Phi) is 3.11. The van der Waals surface area contributed by atoms with Crippen LogP contribution in [0.3, 0.4) is 0 Å². The van der Waals surface area contributed by atoms with Crippen LogP contribution in [0.2, 0.25) is 0 Å². The summed E-state index contributed by atoms with van der Waals surface area (Å²) < 4.78 is 0. The van der Waals surface area contributed by atoms with E-state index in [1.807, 2.05) is 18.2 Å². The molecule has 0 fully saturated rings. The summed E-state index contributed by atoms with van der Waals surface area (Å²) in [5, 5.41) is 10.6. The van der Waals surface area contributed by atoms with Crippen LogP contribution in [-0.4, -0.2) is 11.0 Å². The van der Waals surface area contributed by atoms with Crippen molar-refractivity contribution in [3.63, 3.8) is 0 Å². The standard InChI is InChI=1S/C14H15NO2/c15-13(16)14(17,11-7-3-1-4-8-11)12-9-5-2-6-10-12/h1,3-5,7-10,17H,2,6H2,(H2,15,16).